The zero-order chi connectivity index (χ0) is 13.3. The molecule has 0 bridgehead atoms. The van der Waals surface area contributed by atoms with Crippen LogP contribution in [0.15, 0.2) is 22.7 Å². The molecule has 1 aromatic rings. The van der Waals surface area contributed by atoms with Crippen molar-refractivity contribution < 1.29 is 30.2 Å². The van der Waals surface area contributed by atoms with Gasteiger partial charge in [0.05, 0.1) is 6.61 Å². The third-order valence-corrected chi connectivity index (χ3v) is 3.43. The summed E-state index contributed by atoms with van der Waals surface area (Å²) in [4.78, 5) is 0. The molecule has 9 heteroatoms. The van der Waals surface area contributed by atoms with E-state index in [-0.39, 0.29) is 10.0 Å². The van der Waals surface area contributed by atoms with Crippen LogP contribution in [-0.4, -0.2) is 13.9 Å². The topological polar surface area (TPSA) is 43.4 Å². The zero-order valence-corrected chi connectivity index (χ0v) is 10.4. The minimum Gasteiger partial charge on any atom is -0.258 e. The smallest absolute Gasteiger partial charge is 0.258 e. The van der Waals surface area contributed by atoms with Gasteiger partial charge >= 0.3 is 15.6 Å². The maximum Gasteiger partial charge on any atom is 0.523 e. The van der Waals surface area contributed by atoms with Crippen molar-refractivity contribution in [1.29, 1.82) is 0 Å². The van der Waals surface area contributed by atoms with E-state index in [1.807, 2.05) is 0 Å². The molecule has 0 fully saturated rings. The van der Waals surface area contributed by atoms with Crippen molar-refractivity contribution in [2.45, 2.75) is 12.1 Å². The molecule has 0 aliphatic carbocycles. The zero-order valence-electron chi connectivity index (χ0n) is 7.96. The normalized spacial score (nSPS) is 12.8. The Morgan fingerprint density at radius 1 is 1.29 bits per heavy atom. The first-order chi connectivity index (χ1) is 7.63. The van der Waals surface area contributed by atoms with E-state index in [0.29, 0.717) is 0 Å². The summed E-state index contributed by atoms with van der Waals surface area (Å²) in [7, 11) is -5.67. The average Bonchev–Trinajstić information content (AvgIpc) is 2.18. The van der Waals surface area contributed by atoms with Gasteiger partial charge in [-0.1, -0.05) is 15.9 Å². The van der Waals surface area contributed by atoms with Crippen molar-refractivity contribution >= 4 is 26.0 Å². The molecule has 0 atom stereocenters. The van der Waals surface area contributed by atoms with E-state index in [1.54, 1.807) is 0 Å². The molecule has 0 saturated carbocycles. The molecule has 0 heterocycles. The Balaban J connectivity index is 2.85. The Hall–Kier alpha value is -0.670. The molecular formula is C8H5BrF4O3S. The number of halogens is 5. The van der Waals surface area contributed by atoms with E-state index in [2.05, 4.69) is 20.1 Å². The van der Waals surface area contributed by atoms with Crippen LogP contribution in [0.1, 0.15) is 5.56 Å². The highest BCUT2D eigenvalue weighted by Crippen LogP contribution is 2.27. The van der Waals surface area contributed by atoms with E-state index in [9.17, 15) is 26.0 Å². The van der Waals surface area contributed by atoms with Crippen molar-refractivity contribution in [1.82, 2.24) is 0 Å². The summed E-state index contributed by atoms with van der Waals surface area (Å²) in [6, 6.07) is 3.16. The van der Waals surface area contributed by atoms with Crippen molar-refractivity contribution in [2.24, 2.45) is 0 Å². The van der Waals surface area contributed by atoms with Crippen molar-refractivity contribution in [3.8, 4) is 0 Å². The number of hydrogen-bond acceptors (Lipinski definition) is 3. The molecule has 0 saturated heterocycles. The Bertz CT molecular complexity index is 512. The number of alkyl halides is 3. The highest BCUT2D eigenvalue weighted by Gasteiger charge is 2.47. The number of rotatable bonds is 3. The maximum atomic E-state index is 12.8. The Morgan fingerprint density at radius 3 is 2.41 bits per heavy atom. The Morgan fingerprint density at radius 2 is 1.88 bits per heavy atom. The van der Waals surface area contributed by atoms with Gasteiger partial charge < -0.3 is 0 Å². The molecule has 0 spiro atoms. The fourth-order valence-electron chi connectivity index (χ4n) is 0.862. The highest BCUT2D eigenvalue weighted by atomic mass is 79.9. The molecule has 3 nitrogen and oxygen atoms in total. The number of benzene rings is 1. The fourth-order valence-corrected chi connectivity index (χ4v) is 1.64. The lowest BCUT2D eigenvalue weighted by Gasteiger charge is -2.09. The lowest BCUT2D eigenvalue weighted by atomic mass is 10.2. The predicted molar refractivity (Wildman–Crippen MR) is 53.9 cm³/mol. The molecule has 1 rings (SSSR count). The molecule has 17 heavy (non-hydrogen) atoms. The summed E-state index contributed by atoms with van der Waals surface area (Å²) in [5.74, 6) is -0.712. The van der Waals surface area contributed by atoms with Gasteiger partial charge in [-0.2, -0.15) is 21.6 Å². The fraction of sp³-hybridized carbons (Fsp3) is 0.250. The van der Waals surface area contributed by atoms with Crippen LogP contribution in [-0.2, 0) is 20.9 Å². The van der Waals surface area contributed by atoms with Crippen LogP contribution < -0.4 is 0 Å². The molecular weight excluding hydrogens is 332 g/mol. The molecule has 0 amide bonds. The van der Waals surface area contributed by atoms with Crippen LogP contribution in [0, 0.1) is 5.82 Å². The van der Waals surface area contributed by atoms with Gasteiger partial charge in [-0.25, -0.2) is 4.39 Å². The SMILES string of the molecule is O=S(=O)(OCc1cc(F)ccc1Br)C(F)(F)F. The van der Waals surface area contributed by atoms with Gasteiger partial charge in [0.2, 0.25) is 0 Å². The summed E-state index contributed by atoms with van der Waals surface area (Å²) < 4.78 is 73.6. The van der Waals surface area contributed by atoms with Crippen molar-refractivity contribution in [3.63, 3.8) is 0 Å². The third kappa shape index (κ3) is 3.65. The molecule has 0 aliphatic rings. The lowest BCUT2D eigenvalue weighted by molar-refractivity contribution is -0.0548. The first-order valence-corrected chi connectivity index (χ1v) is 6.23. The van der Waals surface area contributed by atoms with Gasteiger partial charge in [0.25, 0.3) is 0 Å². The summed E-state index contributed by atoms with van der Waals surface area (Å²) >= 11 is 2.93. The highest BCUT2D eigenvalue weighted by molar-refractivity contribution is 9.10. The first kappa shape index (κ1) is 14.4. The molecule has 0 N–H and O–H groups in total. The van der Waals surface area contributed by atoms with Crippen molar-refractivity contribution in [3.05, 3.63) is 34.1 Å². The van der Waals surface area contributed by atoms with Gasteiger partial charge in [-0.05, 0) is 23.8 Å². The third-order valence-electron chi connectivity index (χ3n) is 1.66. The molecule has 0 aliphatic heterocycles. The van der Waals surface area contributed by atoms with Crippen LogP contribution >= 0.6 is 15.9 Å². The van der Waals surface area contributed by atoms with E-state index in [1.165, 1.54) is 6.07 Å². The molecule has 0 radical (unpaired) electrons. The molecule has 0 unspecified atom stereocenters. The summed E-state index contributed by atoms with van der Waals surface area (Å²) in [6.45, 7) is -0.903. The van der Waals surface area contributed by atoms with E-state index < -0.39 is 28.1 Å². The molecule has 0 aromatic heterocycles. The quantitative estimate of drug-likeness (QED) is 0.484. The van der Waals surface area contributed by atoms with E-state index in [4.69, 9.17) is 0 Å². The lowest BCUT2D eigenvalue weighted by Crippen LogP contribution is -2.25. The van der Waals surface area contributed by atoms with Crippen LogP contribution in [0.4, 0.5) is 17.6 Å². The van der Waals surface area contributed by atoms with E-state index >= 15 is 0 Å². The van der Waals surface area contributed by atoms with Crippen LogP contribution in [0.25, 0.3) is 0 Å². The number of hydrogen-bond donors (Lipinski definition) is 0. The summed E-state index contributed by atoms with van der Waals surface area (Å²) in [5, 5.41) is 0. The van der Waals surface area contributed by atoms with E-state index in [0.717, 1.165) is 12.1 Å². The monoisotopic (exact) mass is 336 g/mol. The molecule has 96 valence electrons. The molecule has 1 aromatic carbocycles. The first-order valence-electron chi connectivity index (χ1n) is 4.03. The van der Waals surface area contributed by atoms with Crippen molar-refractivity contribution in [2.75, 3.05) is 0 Å². The van der Waals surface area contributed by atoms with Gasteiger partial charge in [0.15, 0.2) is 0 Å². The largest absolute Gasteiger partial charge is 0.523 e. The Labute approximate surface area is 103 Å². The summed E-state index contributed by atoms with van der Waals surface area (Å²) in [6.07, 6.45) is 0. The van der Waals surface area contributed by atoms with Gasteiger partial charge in [-0.3, -0.25) is 4.18 Å². The van der Waals surface area contributed by atoms with Gasteiger partial charge in [0, 0.05) is 4.47 Å². The second kappa shape index (κ2) is 4.91. The Kier molecular flexibility index (Phi) is 4.15. The van der Waals surface area contributed by atoms with Gasteiger partial charge in [0.1, 0.15) is 5.82 Å². The minimum atomic E-state index is -5.67. The maximum absolute atomic E-state index is 12.8. The predicted octanol–water partition coefficient (Wildman–Crippen LogP) is 2.95. The minimum absolute atomic E-state index is 0.0437. The van der Waals surface area contributed by atoms with Crippen LogP contribution in [0.3, 0.4) is 0 Å². The summed E-state index contributed by atoms with van der Waals surface area (Å²) in [5.41, 5.74) is -5.54. The van der Waals surface area contributed by atoms with Crippen LogP contribution in [0.2, 0.25) is 0 Å². The van der Waals surface area contributed by atoms with Gasteiger partial charge in [-0.15, -0.1) is 0 Å². The average molecular weight is 337 g/mol. The second-order valence-electron chi connectivity index (χ2n) is 2.90. The van der Waals surface area contributed by atoms with Crippen LogP contribution in [0.5, 0.6) is 0 Å². The second-order valence-corrected chi connectivity index (χ2v) is 5.36. The standard InChI is InChI=1S/C8H5BrF4O3S/c9-7-2-1-6(10)3-5(7)4-16-17(14,15)8(11,12)13/h1-3H,4H2.